The first kappa shape index (κ1) is 19.6. The molecule has 0 aliphatic carbocycles. The summed E-state index contributed by atoms with van der Waals surface area (Å²) in [6.45, 7) is 2.36. The Hall–Kier alpha value is -2.75. The Balaban J connectivity index is 1.76. The number of thiazole rings is 1. The second kappa shape index (κ2) is 7.94. The maximum absolute atomic E-state index is 11.8. The number of carbonyl (C=O) groups is 1. The van der Waals surface area contributed by atoms with Crippen LogP contribution in [0.5, 0.6) is 6.01 Å². The van der Waals surface area contributed by atoms with E-state index in [2.05, 4.69) is 15.0 Å². The number of amides is 1. The highest BCUT2D eigenvalue weighted by Gasteiger charge is 2.21. The number of fused-ring (bicyclic) bond motifs is 1. The van der Waals surface area contributed by atoms with Gasteiger partial charge in [-0.1, -0.05) is 23.7 Å². The van der Waals surface area contributed by atoms with Crippen molar-refractivity contribution in [3.8, 4) is 17.3 Å². The summed E-state index contributed by atoms with van der Waals surface area (Å²) in [6.07, 6.45) is 0.698. The predicted molar refractivity (Wildman–Crippen MR) is 117 cm³/mol. The number of nitrogens with two attached hydrogens (primary N) is 2. The normalized spacial score (nSPS) is 11.1. The summed E-state index contributed by atoms with van der Waals surface area (Å²) in [5.41, 5.74) is 16.0. The molecular weight excluding hydrogens is 430 g/mol. The number of thiophene rings is 1. The van der Waals surface area contributed by atoms with Gasteiger partial charge in [-0.2, -0.15) is 9.97 Å². The Morgan fingerprint density at radius 3 is 2.83 bits per heavy atom. The van der Waals surface area contributed by atoms with E-state index in [-0.39, 0.29) is 16.6 Å². The molecule has 1 amide bonds. The number of hydrogen-bond acceptors (Lipinski definition) is 8. The molecule has 4 N–H and O–H groups in total. The van der Waals surface area contributed by atoms with Gasteiger partial charge < -0.3 is 16.2 Å². The number of anilines is 1. The van der Waals surface area contributed by atoms with Crippen LogP contribution in [0, 0.1) is 6.92 Å². The van der Waals surface area contributed by atoms with Gasteiger partial charge in [0, 0.05) is 21.9 Å². The molecule has 3 aromatic heterocycles. The molecule has 148 valence electrons. The van der Waals surface area contributed by atoms with E-state index in [1.54, 1.807) is 23.5 Å². The maximum Gasteiger partial charge on any atom is 0.318 e. The van der Waals surface area contributed by atoms with Crippen molar-refractivity contribution in [3.63, 3.8) is 0 Å². The molecular formula is C19H16ClN5O2S2. The fourth-order valence-electron chi connectivity index (χ4n) is 2.90. The number of benzene rings is 1. The van der Waals surface area contributed by atoms with Gasteiger partial charge in [0.1, 0.15) is 9.71 Å². The van der Waals surface area contributed by atoms with Crippen LogP contribution in [-0.4, -0.2) is 27.5 Å². The lowest BCUT2D eigenvalue weighted by Crippen LogP contribution is -2.10. The number of primary amides is 1. The molecule has 10 heteroatoms. The SMILES string of the molecule is Cc1ncsc1CCOc1nc(-c2cccc(Cl)c2)c2c(N)c(C(N)=O)sc2n1. The molecule has 4 aromatic rings. The lowest BCUT2D eigenvalue weighted by atomic mass is 10.1. The number of ether oxygens (including phenoxy) is 1. The van der Waals surface area contributed by atoms with Crippen molar-refractivity contribution in [2.45, 2.75) is 13.3 Å². The molecule has 0 atom stereocenters. The third-order valence-electron chi connectivity index (χ3n) is 4.29. The Bertz CT molecular complexity index is 1220. The van der Waals surface area contributed by atoms with Gasteiger partial charge in [-0.3, -0.25) is 4.79 Å². The van der Waals surface area contributed by atoms with E-state index in [0.29, 0.717) is 34.0 Å². The highest BCUT2D eigenvalue weighted by atomic mass is 35.5. The van der Waals surface area contributed by atoms with Crippen LogP contribution >= 0.6 is 34.3 Å². The fraction of sp³-hybridized carbons (Fsp3) is 0.158. The summed E-state index contributed by atoms with van der Waals surface area (Å²) in [5, 5.41) is 1.12. The zero-order chi connectivity index (χ0) is 20.5. The van der Waals surface area contributed by atoms with Crippen LogP contribution in [0.2, 0.25) is 5.02 Å². The number of nitrogens with zero attached hydrogens (tertiary/aromatic N) is 3. The average Bonchev–Trinajstić information content (AvgIpc) is 3.24. The highest BCUT2D eigenvalue weighted by Crippen LogP contribution is 2.39. The number of nitrogen functional groups attached to an aromatic ring is 1. The Kier molecular flexibility index (Phi) is 5.35. The van der Waals surface area contributed by atoms with E-state index in [9.17, 15) is 4.79 Å². The maximum atomic E-state index is 11.8. The van der Waals surface area contributed by atoms with Crippen molar-refractivity contribution in [2.75, 3.05) is 12.3 Å². The minimum atomic E-state index is -0.606. The van der Waals surface area contributed by atoms with Crippen molar-refractivity contribution < 1.29 is 9.53 Å². The molecule has 7 nitrogen and oxygen atoms in total. The molecule has 0 unspecified atom stereocenters. The van der Waals surface area contributed by atoms with Gasteiger partial charge in [-0.15, -0.1) is 22.7 Å². The van der Waals surface area contributed by atoms with Crippen LogP contribution < -0.4 is 16.2 Å². The van der Waals surface area contributed by atoms with Crippen LogP contribution in [0.25, 0.3) is 21.5 Å². The lowest BCUT2D eigenvalue weighted by Gasteiger charge is -2.09. The van der Waals surface area contributed by atoms with Gasteiger partial charge in [0.05, 0.1) is 34.6 Å². The fourth-order valence-corrected chi connectivity index (χ4v) is 4.79. The van der Waals surface area contributed by atoms with Crippen LogP contribution in [0.15, 0.2) is 29.8 Å². The standard InChI is InChI=1S/C19H16ClN5O2S2/c1-9-12(28-8-23-9)5-6-27-19-24-15(10-3-2-4-11(20)7-10)13-14(21)16(17(22)26)29-18(13)25-19/h2-4,7-8H,5-6,21H2,1H3,(H2,22,26). The van der Waals surface area contributed by atoms with Crippen LogP contribution in [0.3, 0.4) is 0 Å². The average molecular weight is 446 g/mol. The van der Waals surface area contributed by atoms with E-state index in [1.165, 1.54) is 0 Å². The predicted octanol–water partition coefficient (Wildman–Crippen LogP) is 4.08. The third-order valence-corrected chi connectivity index (χ3v) is 6.64. The number of halogens is 1. The molecule has 0 saturated carbocycles. The van der Waals surface area contributed by atoms with Gasteiger partial charge in [0.2, 0.25) is 0 Å². The van der Waals surface area contributed by atoms with Crippen molar-refractivity contribution in [1.29, 1.82) is 0 Å². The highest BCUT2D eigenvalue weighted by molar-refractivity contribution is 7.21. The molecule has 29 heavy (non-hydrogen) atoms. The van der Waals surface area contributed by atoms with Crippen molar-refractivity contribution in [1.82, 2.24) is 15.0 Å². The Morgan fingerprint density at radius 2 is 2.14 bits per heavy atom. The van der Waals surface area contributed by atoms with Crippen molar-refractivity contribution in [3.05, 3.63) is 50.2 Å². The number of aromatic nitrogens is 3. The van der Waals surface area contributed by atoms with Crippen molar-refractivity contribution >= 4 is 56.1 Å². The van der Waals surface area contributed by atoms with Crippen molar-refractivity contribution in [2.24, 2.45) is 5.73 Å². The minimum Gasteiger partial charge on any atom is -0.463 e. The molecule has 0 fully saturated rings. The molecule has 0 saturated heterocycles. The van der Waals surface area contributed by atoms with E-state index in [4.69, 9.17) is 27.8 Å². The monoisotopic (exact) mass is 445 g/mol. The van der Waals surface area contributed by atoms with Gasteiger partial charge in [0.25, 0.3) is 5.91 Å². The molecule has 0 aliphatic heterocycles. The summed E-state index contributed by atoms with van der Waals surface area (Å²) in [4.78, 5) is 26.9. The van der Waals surface area contributed by atoms with E-state index in [1.807, 2.05) is 24.6 Å². The van der Waals surface area contributed by atoms with Crippen LogP contribution in [-0.2, 0) is 6.42 Å². The largest absolute Gasteiger partial charge is 0.463 e. The smallest absolute Gasteiger partial charge is 0.318 e. The van der Waals surface area contributed by atoms with E-state index in [0.717, 1.165) is 27.5 Å². The van der Waals surface area contributed by atoms with Crippen LogP contribution in [0.4, 0.5) is 5.69 Å². The third kappa shape index (κ3) is 3.89. The van der Waals surface area contributed by atoms with Crippen LogP contribution in [0.1, 0.15) is 20.2 Å². The first-order valence-electron chi connectivity index (χ1n) is 8.61. The Morgan fingerprint density at radius 1 is 1.31 bits per heavy atom. The lowest BCUT2D eigenvalue weighted by molar-refractivity contribution is 0.100. The minimum absolute atomic E-state index is 0.201. The molecule has 1 aromatic carbocycles. The van der Waals surface area contributed by atoms with Gasteiger partial charge in [-0.05, 0) is 19.1 Å². The Labute approximate surface area is 179 Å². The first-order valence-corrected chi connectivity index (χ1v) is 10.7. The van der Waals surface area contributed by atoms with Gasteiger partial charge in [-0.25, -0.2) is 4.98 Å². The number of carbonyl (C=O) groups excluding carboxylic acids is 1. The molecule has 3 heterocycles. The first-order chi connectivity index (χ1) is 13.9. The summed E-state index contributed by atoms with van der Waals surface area (Å²) < 4.78 is 5.82. The summed E-state index contributed by atoms with van der Waals surface area (Å²) in [6, 6.07) is 7.42. The zero-order valence-electron chi connectivity index (χ0n) is 15.3. The molecule has 0 bridgehead atoms. The second-order valence-corrected chi connectivity index (χ2v) is 8.59. The van der Waals surface area contributed by atoms with Gasteiger partial charge >= 0.3 is 6.01 Å². The quantitative estimate of drug-likeness (QED) is 0.461. The molecule has 0 spiro atoms. The van der Waals surface area contributed by atoms with E-state index < -0.39 is 5.91 Å². The van der Waals surface area contributed by atoms with E-state index >= 15 is 0 Å². The molecule has 4 rings (SSSR count). The number of hydrogen-bond donors (Lipinski definition) is 2. The summed E-state index contributed by atoms with van der Waals surface area (Å²) in [7, 11) is 0. The zero-order valence-corrected chi connectivity index (χ0v) is 17.7. The summed E-state index contributed by atoms with van der Waals surface area (Å²) in [5.74, 6) is -0.606. The topological polar surface area (TPSA) is 117 Å². The molecule has 0 aliphatic rings. The number of rotatable bonds is 6. The summed E-state index contributed by atoms with van der Waals surface area (Å²) >= 11 is 8.86. The second-order valence-electron chi connectivity index (χ2n) is 6.21. The molecule has 0 radical (unpaired) electrons. The van der Waals surface area contributed by atoms with Gasteiger partial charge in [0.15, 0.2) is 0 Å². The number of aryl methyl sites for hydroxylation is 1.